The molecule has 1 saturated heterocycles. The van der Waals surface area contributed by atoms with E-state index in [-0.39, 0.29) is 5.54 Å². The first-order valence-corrected chi connectivity index (χ1v) is 8.24. The van der Waals surface area contributed by atoms with Crippen molar-refractivity contribution in [3.63, 3.8) is 0 Å². The lowest BCUT2D eigenvalue weighted by molar-refractivity contribution is 0.125. The van der Waals surface area contributed by atoms with E-state index in [1.807, 2.05) is 4.68 Å². The number of likely N-dealkylation sites (tertiary alicyclic amines) is 1. The Kier molecular flexibility index (Phi) is 5.38. The predicted molar refractivity (Wildman–Crippen MR) is 86.2 cm³/mol. The molecular formula is C16H31N5. The van der Waals surface area contributed by atoms with Crippen LogP contribution in [0.25, 0.3) is 0 Å². The Morgan fingerprint density at radius 3 is 2.76 bits per heavy atom. The minimum absolute atomic E-state index is 0.182. The molecule has 1 N–H and O–H groups in total. The molecule has 0 aliphatic carbocycles. The van der Waals surface area contributed by atoms with Crippen molar-refractivity contribution in [3.8, 4) is 0 Å². The van der Waals surface area contributed by atoms with E-state index in [2.05, 4.69) is 54.9 Å². The quantitative estimate of drug-likeness (QED) is 0.906. The van der Waals surface area contributed by atoms with Crippen molar-refractivity contribution < 1.29 is 0 Å². The zero-order chi connectivity index (χ0) is 15.5. The Bertz CT molecular complexity index is 432. The van der Waals surface area contributed by atoms with Crippen LogP contribution in [0.15, 0.2) is 6.33 Å². The van der Waals surface area contributed by atoms with Crippen LogP contribution in [-0.4, -0.2) is 44.3 Å². The molecule has 1 atom stereocenters. The number of hydrogen-bond acceptors (Lipinski definition) is 4. The summed E-state index contributed by atoms with van der Waals surface area (Å²) in [5.74, 6) is 1.09. The van der Waals surface area contributed by atoms with E-state index in [4.69, 9.17) is 0 Å². The number of nitrogens with zero attached hydrogens (tertiary/aromatic N) is 4. The predicted octanol–water partition coefficient (Wildman–Crippen LogP) is 2.60. The van der Waals surface area contributed by atoms with Gasteiger partial charge in [0.2, 0.25) is 0 Å². The highest BCUT2D eigenvalue weighted by Gasteiger charge is 2.25. The highest BCUT2D eigenvalue weighted by Crippen LogP contribution is 2.20. The minimum Gasteiger partial charge on any atom is -0.311 e. The smallest absolute Gasteiger partial charge is 0.141 e. The number of rotatable bonds is 5. The van der Waals surface area contributed by atoms with E-state index < -0.39 is 0 Å². The fourth-order valence-corrected chi connectivity index (χ4v) is 2.92. The second-order valence-corrected chi connectivity index (χ2v) is 7.47. The maximum Gasteiger partial charge on any atom is 0.141 e. The molecule has 1 aliphatic rings. The van der Waals surface area contributed by atoms with Gasteiger partial charge < -0.3 is 5.32 Å². The van der Waals surface area contributed by atoms with Crippen molar-refractivity contribution in [2.45, 2.75) is 78.0 Å². The fraction of sp³-hybridized carbons (Fsp3) is 0.875. The van der Waals surface area contributed by atoms with Gasteiger partial charge in [0.25, 0.3) is 0 Å². The number of piperidine rings is 1. The molecule has 1 unspecified atom stereocenters. The molecule has 5 nitrogen and oxygen atoms in total. The molecular weight excluding hydrogens is 262 g/mol. The Balaban J connectivity index is 2.00. The van der Waals surface area contributed by atoms with E-state index in [0.29, 0.717) is 12.1 Å². The molecule has 2 heterocycles. The van der Waals surface area contributed by atoms with Gasteiger partial charge in [-0.3, -0.25) is 4.90 Å². The molecule has 0 aromatic carbocycles. The van der Waals surface area contributed by atoms with Crippen LogP contribution < -0.4 is 5.32 Å². The van der Waals surface area contributed by atoms with Crippen LogP contribution in [0.4, 0.5) is 0 Å². The summed E-state index contributed by atoms with van der Waals surface area (Å²) in [5, 5.41) is 8.01. The summed E-state index contributed by atoms with van der Waals surface area (Å²) in [5.41, 5.74) is 0.182. The van der Waals surface area contributed by atoms with Crippen LogP contribution in [0.2, 0.25) is 0 Å². The van der Waals surface area contributed by atoms with Crippen molar-refractivity contribution in [1.82, 2.24) is 25.0 Å². The third-order valence-electron chi connectivity index (χ3n) is 4.10. The molecule has 0 spiro atoms. The average molecular weight is 293 g/mol. The molecule has 1 aromatic heterocycles. The molecule has 0 saturated carbocycles. The lowest BCUT2D eigenvalue weighted by Crippen LogP contribution is -2.49. The highest BCUT2D eigenvalue weighted by molar-refractivity contribution is 4.90. The number of nitrogens with one attached hydrogen (secondary N) is 1. The van der Waals surface area contributed by atoms with E-state index in [1.54, 1.807) is 6.33 Å². The highest BCUT2D eigenvalue weighted by atomic mass is 15.4. The SMILES string of the molecule is CC(C)n1ncnc1CN1CCCCC1CNC(C)(C)C. The molecule has 1 aromatic rings. The van der Waals surface area contributed by atoms with Crippen molar-refractivity contribution in [3.05, 3.63) is 12.2 Å². The number of hydrogen-bond donors (Lipinski definition) is 1. The first kappa shape index (κ1) is 16.4. The van der Waals surface area contributed by atoms with E-state index in [9.17, 15) is 0 Å². The fourth-order valence-electron chi connectivity index (χ4n) is 2.92. The van der Waals surface area contributed by atoms with Crippen molar-refractivity contribution in [2.24, 2.45) is 0 Å². The third kappa shape index (κ3) is 4.78. The zero-order valence-electron chi connectivity index (χ0n) is 14.3. The van der Waals surface area contributed by atoms with Crippen LogP contribution >= 0.6 is 0 Å². The molecule has 1 fully saturated rings. The standard InChI is InChI=1S/C16H31N5/c1-13(2)21-15(17-12-19-21)11-20-9-7-6-8-14(20)10-18-16(3,4)5/h12-14,18H,6-11H2,1-5H3. The van der Waals surface area contributed by atoms with Gasteiger partial charge in [0.1, 0.15) is 12.2 Å². The number of aromatic nitrogens is 3. The van der Waals surface area contributed by atoms with Crippen LogP contribution in [0.5, 0.6) is 0 Å². The van der Waals surface area contributed by atoms with Crippen LogP contribution in [0.1, 0.15) is 65.7 Å². The normalized spacial score (nSPS) is 21.1. The lowest BCUT2D eigenvalue weighted by atomic mass is 10.0. The van der Waals surface area contributed by atoms with Gasteiger partial charge in [0, 0.05) is 24.2 Å². The van der Waals surface area contributed by atoms with E-state index >= 15 is 0 Å². The second-order valence-electron chi connectivity index (χ2n) is 7.47. The Morgan fingerprint density at radius 2 is 2.10 bits per heavy atom. The summed E-state index contributed by atoms with van der Waals surface area (Å²) in [6.45, 7) is 14.1. The molecule has 0 radical (unpaired) electrons. The second kappa shape index (κ2) is 6.88. The summed E-state index contributed by atoms with van der Waals surface area (Å²) < 4.78 is 2.04. The Labute approximate surface area is 129 Å². The van der Waals surface area contributed by atoms with Crippen LogP contribution in [-0.2, 0) is 6.54 Å². The van der Waals surface area contributed by atoms with Gasteiger partial charge in [-0.25, -0.2) is 9.67 Å². The maximum atomic E-state index is 4.46. The molecule has 0 bridgehead atoms. The minimum atomic E-state index is 0.182. The van der Waals surface area contributed by atoms with Crippen molar-refractivity contribution in [2.75, 3.05) is 13.1 Å². The summed E-state index contributed by atoms with van der Waals surface area (Å²) in [6, 6.07) is 0.980. The van der Waals surface area contributed by atoms with Gasteiger partial charge >= 0.3 is 0 Å². The van der Waals surface area contributed by atoms with Crippen LogP contribution in [0, 0.1) is 0 Å². The Morgan fingerprint density at radius 1 is 1.33 bits per heavy atom. The van der Waals surface area contributed by atoms with Crippen LogP contribution in [0.3, 0.4) is 0 Å². The van der Waals surface area contributed by atoms with Crippen molar-refractivity contribution in [1.29, 1.82) is 0 Å². The summed E-state index contributed by atoms with van der Waals surface area (Å²) in [6.07, 6.45) is 5.59. The van der Waals surface area contributed by atoms with Gasteiger partial charge in [0.15, 0.2) is 0 Å². The summed E-state index contributed by atoms with van der Waals surface area (Å²) in [4.78, 5) is 7.04. The lowest BCUT2D eigenvalue weighted by Gasteiger charge is -2.37. The zero-order valence-corrected chi connectivity index (χ0v) is 14.3. The average Bonchev–Trinajstić information content (AvgIpc) is 2.85. The largest absolute Gasteiger partial charge is 0.311 e. The van der Waals surface area contributed by atoms with E-state index in [0.717, 1.165) is 18.9 Å². The van der Waals surface area contributed by atoms with E-state index in [1.165, 1.54) is 25.8 Å². The third-order valence-corrected chi connectivity index (χ3v) is 4.10. The molecule has 2 rings (SSSR count). The summed E-state index contributed by atoms with van der Waals surface area (Å²) in [7, 11) is 0. The van der Waals surface area contributed by atoms with Gasteiger partial charge in [0.05, 0.1) is 6.54 Å². The molecule has 21 heavy (non-hydrogen) atoms. The maximum absolute atomic E-state index is 4.46. The first-order valence-electron chi connectivity index (χ1n) is 8.24. The monoisotopic (exact) mass is 293 g/mol. The van der Waals surface area contributed by atoms with Gasteiger partial charge in [-0.15, -0.1) is 0 Å². The van der Waals surface area contributed by atoms with Gasteiger partial charge in [-0.05, 0) is 54.0 Å². The molecule has 120 valence electrons. The molecule has 1 aliphatic heterocycles. The first-order chi connectivity index (χ1) is 9.87. The molecule has 0 amide bonds. The molecule has 5 heteroatoms. The van der Waals surface area contributed by atoms with Gasteiger partial charge in [-0.2, -0.15) is 5.10 Å². The Hall–Kier alpha value is -0.940. The van der Waals surface area contributed by atoms with Gasteiger partial charge in [-0.1, -0.05) is 6.42 Å². The topological polar surface area (TPSA) is 46.0 Å². The van der Waals surface area contributed by atoms with Crippen molar-refractivity contribution >= 4 is 0 Å². The summed E-state index contributed by atoms with van der Waals surface area (Å²) >= 11 is 0.